The SMILES string of the molecule is Cc1cc(N2CC(C)C(N(C)C)C2)ccc1CNC1CC1. The van der Waals surface area contributed by atoms with Crippen molar-refractivity contribution in [1.82, 2.24) is 10.2 Å². The molecule has 1 aliphatic heterocycles. The molecule has 0 aromatic heterocycles. The van der Waals surface area contributed by atoms with E-state index in [0.29, 0.717) is 6.04 Å². The molecule has 2 unspecified atom stereocenters. The molecule has 3 rings (SSSR count). The fourth-order valence-electron chi connectivity index (χ4n) is 3.45. The highest BCUT2D eigenvalue weighted by atomic mass is 15.2. The van der Waals surface area contributed by atoms with Crippen molar-refractivity contribution >= 4 is 5.69 Å². The molecule has 1 heterocycles. The van der Waals surface area contributed by atoms with Crippen LogP contribution in [0.4, 0.5) is 5.69 Å². The molecule has 2 atom stereocenters. The molecule has 1 aliphatic carbocycles. The van der Waals surface area contributed by atoms with Crippen LogP contribution >= 0.6 is 0 Å². The van der Waals surface area contributed by atoms with E-state index in [1.807, 2.05) is 0 Å². The van der Waals surface area contributed by atoms with Crippen LogP contribution in [-0.2, 0) is 6.54 Å². The first kappa shape index (κ1) is 14.9. The predicted molar refractivity (Wildman–Crippen MR) is 89.9 cm³/mol. The highest BCUT2D eigenvalue weighted by Crippen LogP contribution is 2.28. The molecule has 3 nitrogen and oxygen atoms in total. The molecule has 2 fully saturated rings. The lowest BCUT2D eigenvalue weighted by molar-refractivity contribution is 0.266. The lowest BCUT2D eigenvalue weighted by atomic mass is 10.1. The zero-order chi connectivity index (χ0) is 15.0. The van der Waals surface area contributed by atoms with E-state index in [1.54, 1.807) is 0 Å². The Bertz CT molecular complexity index is 493. The molecule has 21 heavy (non-hydrogen) atoms. The summed E-state index contributed by atoms with van der Waals surface area (Å²) in [6.07, 6.45) is 2.71. The maximum Gasteiger partial charge on any atom is 0.0369 e. The van der Waals surface area contributed by atoms with Gasteiger partial charge >= 0.3 is 0 Å². The molecule has 2 aliphatic rings. The molecule has 1 saturated carbocycles. The topological polar surface area (TPSA) is 18.5 Å². The zero-order valence-electron chi connectivity index (χ0n) is 13.9. The first-order chi connectivity index (χ1) is 10.0. The number of aryl methyl sites for hydroxylation is 1. The molecule has 1 aromatic carbocycles. The standard InChI is InChI=1S/C18H29N3/c1-13-9-17(8-5-15(13)10-19-16-6-7-16)21-11-14(2)18(12-21)20(3)4/h5,8-9,14,16,18-19H,6-7,10-12H2,1-4H3. The molecule has 1 saturated heterocycles. The number of nitrogens with zero attached hydrogens (tertiary/aromatic N) is 2. The minimum Gasteiger partial charge on any atom is -0.370 e. The van der Waals surface area contributed by atoms with Crippen LogP contribution in [0.3, 0.4) is 0 Å². The van der Waals surface area contributed by atoms with Crippen LogP contribution < -0.4 is 10.2 Å². The fourth-order valence-corrected chi connectivity index (χ4v) is 3.45. The molecular weight excluding hydrogens is 258 g/mol. The highest BCUT2D eigenvalue weighted by molar-refractivity contribution is 5.52. The molecule has 0 amide bonds. The van der Waals surface area contributed by atoms with E-state index in [4.69, 9.17) is 0 Å². The van der Waals surface area contributed by atoms with Crippen molar-refractivity contribution < 1.29 is 0 Å². The number of hydrogen-bond acceptors (Lipinski definition) is 3. The number of hydrogen-bond donors (Lipinski definition) is 1. The second kappa shape index (κ2) is 5.98. The monoisotopic (exact) mass is 287 g/mol. The van der Waals surface area contributed by atoms with Gasteiger partial charge in [-0.1, -0.05) is 13.0 Å². The van der Waals surface area contributed by atoms with Gasteiger partial charge in [-0.3, -0.25) is 0 Å². The highest BCUT2D eigenvalue weighted by Gasteiger charge is 2.31. The summed E-state index contributed by atoms with van der Waals surface area (Å²) in [6, 6.07) is 8.44. The Labute approximate surface area is 129 Å². The van der Waals surface area contributed by atoms with E-state index in [9.17, 15) is 0 Å². The van der Waals surface area contributed by atoms with E-state index < -0.39 is 0 Å². The molecule has 3 heteroatoms. The Morgan fingerprint density at radius 3 is 2.57 bits per heavy atom. The Morgan fingerprint density at radius 1 is 1.24 bits per heavy atom. The summed E-state index contributed by atoms with van der Waals surface area (Å²) in [7, 11) is 4.39. The van der Waals surface area contributed by atoms with Gasteiger partial charge in [-0.15, -0.1) is 0 Å². The van der Waals surface area contributed by atoms with Crippen LogP contribution in [-0.4, -0.2) is 44.2 Å². The van der Waals surface area contributed by atoms with Crippen molar-refractivity contribution in [3.8, 4) is 0 Å². The molecule has 1 aromatic rings. The van der Waals surface area contributed by atoms with Crippen molar-refractivity contribution in [1.29, 1.82) is 0 Å². The maximum atomic E-state index is 3.61. The van der Waals surface area contributed by atoms with E-state index >= 15 is 0 Å². The Hall–Kier alpha value is -1.06. The van der Waals surface area contributed by atoms with Gasteiger partial charge in [0.05, 0.1) is 0 Å². The van der Waals surface area contributed by atoms with E-state index in [1.165, 1.54) is 36.2 Å². The van der Waals surface area contributed by atoms with Crippen LogP contribution in [0.1, 0.15) is 30.9 Å². The Kier molecular flexibility index (Phi) is 4.23. The molecule has 116 valence electrons. The number of rotatable bonds is 5. The summed E-state index contributed by atoms with van der Waals surface area (Å²) in [4.78, 5) is 4.91. The van der Waals surface area contributed by atoms with E-state index in [2.05, 4.69) is 61.3 Å². The fraction of sp³-hybridized carbons (Fsp3) is 0.667. The average molecular weight is 287 g/mol. The van der Waals surface area contributed by atoms with Crippen molar-refractivity contribution in [2.24, 2.45) is 5.92 Å². The summed E-state index contributed by atoms with van der Waals surface area (Å²) in [5.41, 5.74) is 4.25. The normalized spacial score (nSPS) is 25.9. The van der Waals surface area contributed by atoms with Gasteiger partial charge in [0.15, 0.2) is 0 Å². The summed E-state index contributed by atoms with van der Waals surface area (Å²) < 4.78 is 0. The first-order valence-corrected chi connectivity index (χ1v) is 8.29. The molecular formula is C18H29N3. The maximum absolute atomic E-state index is 3.61. The van der Waals surface area contributed by atoms with Crippen LogP contribution in [0.5, 0.6) is 0 Å². The third-order valence-corrected chi connectivity index (χ3v) is 5.09. The Morgan fingerprint density at radius 2 is 2.00 bits per heavy atom. The third-order valence-electron chi connectivity index (χ3n) is 5.09. The van der Waals surface area contributed by atoms with Gasteiger partial charge in [0.1, 0.15) is 0 Å². The van der Waals surface area contributed by atoms with Crippen LogP contribution in [0.2, 0.25) is 0 Å². The Balaban J connectivity index is 1.67. The number of benzene rings is 1. The molecule has 1 N–H and O–H groups in total. The zero-order valence-corrected chi connectivity index (χ0v) is 13.9. The summed E-state index contributed by atoms with van der Waals surface area (Å²) in [5, 5.41) is 3.61. The lowest BCUT2D eigenvalue weighted by Gasteiger charge is -2.23. The number of anilines is 1. The van der Waals surface area contributed by atoms with Gasteiger partial charge in [-0.25, -0.2) is 0 Å². The first-order valence-electron chi connectivity index (χ1n) is 8.29. The quantitative estimate of drug-likeness (QED) is 0.898. The lowest BCUT2D eigenvalue weighted by Crippen LogP contribution is -2.34. The summed E-state index contributed by atoms with van der Waals surface area (Å²) in [6.45, 7) is 7.95. The largest absolute Gasteiger partial charge is 0.370 e. The molecule has 0 bridgehead atoms. The predicted octanol–water partition coefficient (Wildman–Crippen LogP) is 2.63. The van der Waals surface area contributed by atoms with Gasteiger partial charge in [-0.2, -0.15) is 0 Å². The van der Waals surface area contributed by atoms with Crippen LogP contribution in [0.25, 0.3) is 0 Å². The summed E-state index contributed by atoms with van der Waals surface area (Å²) in [5.74, 6) is 0.733. The second-order valence-corrected chi connectivity index (χ2v) is 7.18. The smallest absolute Gasteiger partial charge is 0.0369 e. The second-order valence-electron chi connectivity index (χ2n) is 7.18. The van der Waals surface area contributed by atoms with Crippen molar-refractivity contribution in [3.63, 3.8) is 0 Å². The van der Waals surface area contributed by atoms with Crippen LogP contribution in [0.15, 0.2) is 18.2 Å². The third kappa shape index (κ3) is 3.41. The minimum atomic E-state index is 0.668. The minimum absolute atomic E-state index is 0.668. The van der Waals surface area contributed by atoms with Gasteiger partial charge < -0.3 is 15.1 Å². The average Bonchev–Trinajstić information content (AvgIpc) is 3.18. The van der Waals surface area contributed by atoms with Crippen LogP contribution in [0, 0.1) is 12.8 Å². The molecule has 0 spiro atoms. The van der Waals surface area contributed by atoms with Gasteiger partial charge in [0.25, 0.3) is 0 Å². The van der Waals surface area contributed by atoms with Crippen molar-refractivity contribution in [2.45, 2.75) is 45.3 Å². The van der Waals surface area contributed by atoms with Gasteiger partial charge in [0.2, 0.25) is 0 Å². The van der Waals surface area contributed by atoms with Crippen molar-refractivity contribution in [3.05, 3.63) is 29.3 Å². The van der Waals surface area contributed by atoms with E-state index in [0.717, 1.165) is 25.0 Å². The number of likely N-dealkylation sites (N-methyl/N-ethyl adjacent to an activating group) is 1. The summed E-state index contributed by atoms with van der Waals surface area (Å²) >= 11 is 0. The number of nitrogens with one attached hydrogen (secondary N) is 1. The van der Waals surface area contributed by atoms with E-state index in [-0.39, 0.29) is 0 Å². The molecule has 0 radical (unpaired) electrons. The van der Waals surface area contributed by atoms with Gasteiger partial charge in [-0.05, 0) is 63.0 Å². The van der Waals surface area contributed by atoms with Gasteiger partial charge in [0, 0.05) is 37.4 Å². The van der Waals surface area contributed by atoms with Crippen molar-refractivity contribution in [2.75, 3.05) is 32.1 Å².